The molecule has 2 amide bonds. The number of alkyl halides is 4. The van der Waals surface area contributed by atoms with E-state index in [1.807, 2.05) is 11.8 Å². The van der Waals surface area contributed by atoms with Crippen molar-refractivity contribution in [3.05, 3.63) is 44.8 Å². The number of fused-ring (bicyclic) bond motifs is 1. The van der Waals surface area contributed by atoms with E-state index in [4.69, 9.17) is 16.3 Å². The molecule has 1 atom stereocenters. The molecule has 47 heavy (non-hydrogen) atoms. The average Bonchev–Trinajstić information content (AvgIpc) is 3.44. The summed E-state index contributed by atoms with van der Waals surface area (Å²) >= 11 is 6.09. The van der Waals surface area contributed by atoms with Crippen molar-refractivity contribution in [3.8, 4) is 0 Å². The molecular formula is C30H37ClF4N8O4. The van der Waals surface area contributed by atoms with Crippen LogP contribution in [-0.2, 0) is 28.7 Å². The number of anilines is 3. The van der Waals surface area contributed by atoms with Crippen LogP contribution in [0.5, 0.6) is 0 Å². The van der Waals surface area contributed by atoms with Crippen LogP contribution in [0.3, 0.4) is 0 Å². The molecule has 2 fully saturated rings. The molecule has 3 aromatic rings. The molecule has 2 aromatic heterocycles. The lowest BCUT2D eigenvalue weighted by molar-refractivity contribution is -0.137. The van der Waals surface area contributed by atoms with Gasteiger partial charge >= 0.3 is 12.3 Å². The highest BCUT2D eigenvalue weighted by atomic mass is 35.5. The minimum Gasteiger partial charge on any atom is -0.444 e. The number of amides is 2. The van der Waals surface area contributed by atoms with Crippen LogP contribution in [0.15, 0.2) is 23.0 Å². The summed E-state index contributed by atoms with van der Waals surface area (Å²) in [6.07, 6.45) is -4.89. The second kappa shape index (κ2) is 13.2. The average molecular weight is 685 g/mol. The minimum atomic E-state index is -4.61. The summed E-state index contributed by atoms with van der Waals surface area (Å²) in [5, 5.41) is 6.70. The lowest BCUT2D eigenvalue weighted by Crippen LogP contribution is -2.51. The number of carbonyl (C=O) groups excluding carboxylic acids is 2. The van der Waals surface area contributed by atoms with Crippen LogP contribution in [-0.4, -0.2) is 87.1 Å². The van der Waals surface area contributed by atoms with Gasteiger partial charge in [-0.3, -0.25) is 9.59 Å². The summed E-state index contributed by atoms with van der Waals surface area (Å²) < 4.78 is 61.8. The first-order valence-corrected chi connectivity index (χ1v) is 15.7. The Morgan fingerprint density at radius 3 is 2.38 bits per heavy atom. The van der Waals surface area contributed by atoms with E-state index >= 15 is 0 Å². The van der Waals surface area contributed by atoms with Gasteiger partial charge in [0.2, 0.25) is 17.6 Å². The number of aromatic nitrogens is 4. The second-order valence-electron chi connectivity index (χ2n) is 12.5. The summed E-state index contributed by atoms with van der Waals surface area (Å²) in [5.41, 5.74) is -1.42. The Bertz CT molecular complexity index is 1710. The first kappa shape index (κ1) is 34.3. The highest BCUT2D eigenvalue weighted by molar-refractivity contribution is 6.33. The van der Waals surface area contributed by atoms with Crippen LogP contribution >= 0.6 is 11.6 Å². The van der Waals surface area contributed by atoms with E-state index < -0.39 is 41.1 Å². The van der Waals surface area contributed by atoms with Crippen molar-refractivity contribution >= 4 is 46.7 Å². The summed E-state index contributed by atoms with van der Waals surface area (Å²) in [7, 11) is 0. The Morgan fingerprint density at radius 1 is 1.09 bits per heavy atom. The fourth-order valence-corrected chi connectivity index (χ4v) is 5.95. The molecule has 4 heterocycles. The van der Waals surface area contributed by atoms with E-state index in [1.54, 1.807) is 30.6 Å². The Labute approximate surface area is 273 Å². The number of carbonyl (C=O) groups is 2. The molecule has 2 saturated heterocycles. The third-order valence-corrected chi connectivity index (χ3v) is 8.23. The quantitative estimate of drug-likeness (QED) is 0.370. The number of halogens is 5. The Morgan fingerprint density at radius 2 is 1.79 bits per heavy atom. The summed E-state index contributed by atoms with van der Waals surface area (Å²) in [5.74, 6) is -0.454. The van der Waals surface area contributed by atoms with Crippen molar-refractivity contribution in [2.75, 3.05) is 54.4 Å². The van der Waals surface area contributed by atoms with Crippen molar-refractivity contribution in [2.45, 2.75) is 71.5 Å². The summed E-state index contributed by atoms with van der Waals surface area (Å²) in [6.45, 7) is 8.41. The monoisotopic (exact) mass is 684 g/mol. The molecule has 1 aromatic carbocycles. The predicted octanol–water partition coefficient (Wildman–Crippen LogP) is 4.76. The maximum absolute atomic E-state index is 14.3. The highest BCUT2D eigenvalue weighted by Crippen LogP contribution is 2.34. The van der Waals surface area contributed by atoms with Crippen LogP contribution in [0.25, 0.3) is 5.78 Å². The second-order valence-corrected chi connectivity index (χ2v) is 13.0. The van der Waals surface area contributed by atoms with Crippen LogP contribution in [0.1, 0.15) is 51.8 Å². The van der Waals surface area contributed by atoms with Crippen LogP contribution in [0.2, 0.25) is 5.02 Å². The first-order chi connectivity index (χ1) is 22.1. The van der Waals surface area contributed by atoms with Gasteiger partial charge in [-0.1, -0.05) is 18.5 Å². The van der Waals surface area contributed by atoms with E-state index in [1.165, 1.54) is 4.57 Å². The zero-order chi connectivity index (χ0) is 34.3. The molecule has 12 nitrogen and oxygen atoms in total. The maximum Gasteiger partial charge on any atom is 0.416 e. The van der Waals surface area contributed by atoms with Crippen LogP contribution < -0.4 is 20.7 Å². The number of nitrogens with zero attached hydrogens (tertiary/aromatic N) is 7. The molecular weight excluding hydrogens is 648 g/mol. The zero-order valence-electron chi connectivity index (χ0n) is 26.5. The predicted molar refractivity (Wildman–Crippen MR) is 168 cm³/mol. The molecule has 1 N–H and O–H groups in total. The van der Waals surface area contributed by atoms with Crippen LogP contribution in [0, 0.1) is 0 Å². The van der Waals surface area contributed by atoms with Gasteiger partial charge < -0.3 is 29.3 Å². The van der Waals surface area contributed by atoms with Gasteiger partial charge in [-0.2, -0.15) is 22.7 Å². The van der Waals surface area contributed by atoms with Crippen molar-refractivity contribution in [1.29, 1.82) is 0 Å². The third-order valence-electron chi connectivity index (χ3n) is 7.92. The van der Waals surface area contributed by atoms with E-state index in [-0.39, 0.29) is 67.4 Å². The number of hydrogen-bond donors (Lipinski definition) is 1. The molecule has 0 spiro atoms. The molecule has 256 valence electrons. The smallest absolute Gasteiger partial charge is 0.416 e. The first-order valence-electron chi connectivity index (χ1n) is 15.4. The van der Waals surface area contributed by atoms with Gasteiger partial charge in [-0.15, -0.1) is 5.10 Å². The molecule has 0 aliphatic carbocycles. The number of ether oxygens (including phenoxy) is 1. The van der Waals surface area contributed by atoms with E-state index in [2.05, 4.69) is 15.4 Å². The molecule has 0 radical (unpaired) electrons. The molecule has 2 aliphatic rings. The lowest BCUT2D eigenvalue weighted by Gasteiger charge is -2.37. The maximum atomic E-state index is 14.3. The topological polar surface area (TPSA) is 117 Å². The lowest BCUT2D eigenvalue weighted by atomic mass is 10.1. The van der Waals surface area contributed by atoms with Gasteiger partial charge in [-0.05, 0) is 58.2 Å². The van der Waals surface area contributed by atoms with E-state index in [0.717, 1.165) is 22.7 Å². The van der Waals surface area contributed by atoms with Gasteiger partial charge in [-0.25, -0.2) is 9.18 Å². The van der Waals surface area contributed by atoms with Crippen molar-refractivity contribution < 1.29 is 31.9 Å². The van der Waals surface area contributed by atoms with Crippen LogP contribution in [0.4, 0.5) is 39.7 Å². The number of nitrogens with one attached hydrogen (secondary N) is 1. The van der Waals surface area contributed by atoms with Gasteiger partial charge in [0.1, 0.15) is 24.0 Å². The Kier molecular flexibility index (Phi) is 9.62. The standard InChI is InChI=1S/C30H37ClF4N8O4/c1-5-22-24(39-11-13-40(14-12-39)28(46)47-29(2,3)4)25(45)43-27(37-26(38-43)41-10-6-7-19(32)16-41)42(22)17-23(44)36-21-9-8-18(15-20(21)31)30(33,34)35/h8-9,15,19H,5-7,10-14,16-17H2,1-4H3,(H,36,44)/t19-/m1/s1. The van der Waals surface area contributed by atoms with Gasteiger partial charge in [0.25, 0.3) is 5.56 Å². The van der Waals surface area contributed by atoms with Crippen molar-refractivity contribution in [3.63, 3.8) is 0 Å². The van der Waals surface area contributed by atoms with Gasteiger partial charge in [0.15, 0.2) is 0 Å². The van der Waals surface area contributed by atoms with E-state index in [0.29, 0.717) is 31.5 Å². The molecule has 17 heteroatoms. The highest BCUT2D eigenvalue weighted by Gasteiger charge is 2.33. The normalized spacial score (nSPS) is 17.7. The zero-order valence-corrected chi connectivity index (χ0v) is 27.3. The van der Waals surface area contributed by atoms with Crippen molar-refractivity contribution in [2.24, 2.45) is 0 Å². The van der Waals surface area contributed by atoms with E-state index in [9.17, 15) is 31.9 Å². The number of piperazine rings is 1. The number of hydrogen-bond acceptors (Lipinski definition) is 8. The number of benzene rings is 1. The largest absolute Gasteiger partial charge is 0.444 e. The number of piperidine rings is 1. The molecule has 0 saturated carbocycles. The fraction of sp³-hybridized carbons (Fsp3) is 0.567. The number of rotatable bonds is 6. The van der Waals surface area contributed by atoms with Crippen molar-refractivity contribution in [1.82, 2.24) is 24.1 Å². The van der Waals surface area contributed by atoms with Gasteiger partial charge in [0.05, 0.1) is 28.5 Å². The summed E-state index contributed by atoms with van der Waals surface area (Å²) in [4.78, 5) is 49.7. The Balaban J connectivity index is 1.51. The molecule has 5 rings (SSSR count). The SMILES string of the molecule is CCc1c(N2CCN(C(=O)OC(C)(C)C)CC2)c(=O)n2nc(N3CCC[C@@H](F)C3)nc2n1CC(=O)Nc1ccc(C(F)(F)F)cc1Cl. The van der Waals surface area contributed by atoms with Gasteiger partial charge in [0, 0.05) is 32.7 Å². The minimum absolute atomic E-state index is 0.0253. The molecule has 2 aliphatic heterocycles. The summed E-state index contributed by atoms with van der Waals surface area (Å²) in [6, 6.07) is 2.61. The third kappa shape index (κ3) is 7.57. The molecule has 0 unspecified atom stereocenters. The molecule has 0 bridgehead atoms. The Hall–Kier alpha value is -4.08. The fourth-order valence-electron chi connectivity index (χ4n) is 5.72.